The Morgan fingerprint density at radius 1 is 1.34 bits per heavy atom. The monoisotopic (exact) mass is 395 g/mol. The van der Waals surface area contributed by atoms with Crippen LogP contribution in [0, 0.1) is 0 Å². The van der Waals surface area contributed by atoms with E-state index in [9.17, 15) is 4.79 Å². The average molecular weight is 396 g/mol. The minimum atomic E-state index is 0.167. The molecule has 2 N–H and O–H groups in total. The molecule has 2 heterocycles. The molecule has 0 bridgehead atoms. The van der Waals surface area contributed by atoms with Crippen LogP contribution in [-0.2, 0) is 13.1 Å². The van der Waals surface area contributed by atoms with Gasteiger partial charge >= 0.3 is 0 Å². The van der Waals surface area contributed by atoms with E-state index >= 15 is 0 Å². The van der Waals surface area contributed by atoms with Crippen LogP contribution in [0.4, 0.5) is 5.82 Å². The van der Waals surface area contributed by atoms with Crippen LogP contribution in [0.2, 0.25) is 0 Å². The SMILES string of the molecule is CCC(=O)c1cc(-c2cccc(CN(C)CCNC)c2)nc2c1CNN2C(C)C. The molecule has 1 aliphatic heterocycles. The number of hydrazine groups is 1. The van der Waals surface area contributed by atoms with Crippen LogP contribution in [-0.4, -0.2) is 48.9 Å². The number of rotatable bonds is 9. The maximum atomic E-state index is 12.7. The van der Waals surface area contributed by atoms with Gasteiger partial charge in [-0.2, -0.15) is 0 Å². The summed E-state index contributed by atoms with van der Waals surface area (Å²) >= 11 is 0. The Kier molecular flexibility index (Phi) is 7.00. The van der Waals surface area contributed by atoms with Crippen molar-refractivity contribution in [1.82, 2.24) is 20.6 Å². The second-order valence-electron chi connectivity index (χ2n) is 7.97. The van der Waals surface area contributed by atoms with Crippen molar-refractivity contribution < 1.29 is 4.79 Å². The number of benzene rings is 1. The van der Waals surface area contributed by atoms with E-state index in [-0.39, 0.29) is 11.8 Å². The van der Waals surface area contributed by atoms with Crippen molar-refractivity contribution in [3.8, 4) is 11.3 Å². The number of nitrogens with one attached hydrogen (secondary N) is 2. The number of hydrogen-bond acceptors (Lipinski definition) is 6. The molecule has 3 rings (SSSR count). The van der Waals surface area contributed by atoms with Gasteiger partial charge in [0.05, 0.1) is 5.69 Å². The average Bonchev–Trinajstić information content (AvgIpc) is 3.15. The molecule has 0 spiro atoms. The Labute approximate surface area is 174 Å². The van der Waals surface area contributed by atoms with Crippen LogP contribution in [0.5, 0.6) is 0 Å². The summed E-state index contributed by atoms with van der Waals surface area (Å²) in [7, 11) is 4.10. The molecular weight excluding hydrogens is 362 g/mol. The molecule has 1 aliphatic rings. The number of ketones is 1. The molecule has 6 heteroatoms. The number of nitrogens with zero attached hydrogens (tertiary/aromatic N) is 3. The Morgan fingerprint density at radius 2 is 2.14 bits per heavy atom. The second kappa shape index (κ2) is 9.48. The number of aromatic nitrogens is 1. The topological polar surface area (TPSA) is 60.5 Å². The van der Waals surface area contributed by atoms with Crippen LogP contribution in [0.3, 0.4) is 0 Å². The number of fused-ring (bicyclic) bond motifs is 1. The summed E-state index contributed by atoms with van der Waals surface area (Å²) in [6.07, 6.45) is 0.494. The molecule has 0 fully saturated rings. The van der Waals surface area contributed by atoms with Crippen molar-refractivity contribution >= 4 is 11.6 Å². The molecular formula is C23H33N5O. The van der Waals surface area contributed by atoms with E-state index in [4.69, 9.17) is 4.98 Å². The van der Waals surface area contributed by atoms with Crippen molar-refractivity contribution in [1.29, 1.82) is 0 Å². The number of anilines is 1. The zero-order chi connectivity index (χ0) is 21.0. The lowest BCUT2D eigenvalue weighted by Crippen LogP contribution is -2.38. The van der Waals surface area contributed by atoms with Crippen molar-refractivity contribution in [3.63, 3.8) is 0 Å². The molecule has 0 amide bonds. The third-order valence-electron chi connectivity index (χ3n) is 5.31. The van der Waals surface area contributed by atoms with Gasteiger partial charge in [0.25, 0.3) is 0 Å². The first-order valence-electron chi connectivity index (χ1n) is 10.5. The number of carbonyl (C=O) groups excluding carboxylic acids is 1. The molecule has 0 atom stereocenters. The van der Waals surface area contributed by atoms with Gasteiger partial charge in [0.2, 0.25) is 0 Å². The minimum Gasteiger partial charge on any atom is -0.318 e. The zero-order valence-corrected chi connectivity index (χ0v) is 18.2. The normalized spacial score (nSPS) is 13.4. The van der Waals surface area contributed by atoms with Gasteiger partial charge in [-0.3, -0.25) is 9.80 Å². The lowest BCUT2D eigenvalue weighted by Gasteiger charge is -2.23. The van der Waals surface area contributed by atoms with Crippen LogP contribution in [0.25, 0.3) is 11.3 Å². The van der Waals surface area contributed by atoms with Gasteiger partial charge in [0.15, 0.2) is 5.78 Å². The fourth-order valence-corrected chi connectivity index (χ4v) is 3.71. The molecule has 0 saturated carbocycles. The van der Waals surface area contributed by atoms with Crippen LogP contribution in [0.15, 0.2) is 30.3 Å². The molecule has 0 unspecified atom stereocenters. The fourth-order valence-electron chi connectivity index (χ4n) is 3.71. The van der Waals surface area contributed by atoms with Gasteiger partial charge in [0.1, 0.15) is 5.82 Å². The van der Waals surface area contributed by atoms with Crippen LogP contribution in [0.1, 0.15) is 48.7 Å². The van der Waals surface area contributed by atoms with Crippen molar-refractivity contribution in [2.75, 3.05) is 32.2 Å². The largest absolute Gasteiger partial charge is 0.318 e. The van der Waals surface area contributed by atoms with Crippen molar-refractivity contribution in [2.45, 2.75) is 46.3 Å². The first kappa shape index (κ1) is 21.4. The minimum absolute atomic E-state index is 0.167. The smallest absolute Gasteiger partial charge is 0.163 e. The van der Waals surface area contributed by atoms with Gasteiger partial charge in [0, 0.05) is 55.3 Å². The van der Waals surface area contributed by atoms with Crippen molar-refractivity contribution in [2.24, 2.45) is 0 Å². The number of likely N-dealkylation sites (N-methyl/N-ethyl adjacent to an activating group) is 2. The van der Waals surface area contributed by atoms with E-state index < -0.39 is 0 Å². The lowest BCUT2D eigenvalue weighted by atomic mass is 9.99. The molecule has 156 valence electrons. The number of hydrogen-bond donors (Lipinski definition) is 2. The first-order chi connectivity index (χ1) is 13.9. The van der Waals surface area contributed by atoms with E-state index in [1.165, 1.54) is 5.56 Å². The summed E-state index contributed by atoms with van der Waals surface area (Å²) in [5, 5.41) is 5.26. The van der Waals surface area contributed by atoms with Crippen LogP contribution >= 0.6 is 0 Å². The fraction of sp³-hybridized carbons (Fsp3) is 0.478. The standard InChI is InChI=1S/C23H33N5O/c1-6-22(29)19-13-21(26-23-20(19)14-25-28(23)16(2)3)18-9-7-8-17(12-18)15-27(5)11-10-24-4/h7-9,12-13,16,24-25H,6,10-11,14-15H2,1-5H3. The molecule has 0 aliphatic carbocycles. The van der Waals surface area contributed by atoms with Gasteiger partial charge in [-0.1, -0.05) is 25.1 Å². The highest BCUT2D eigenvalue weighted by molar-refractivity contribution is 5.99. The summed E-state index contributed by atoms with van der Waals surface area (Å²) in [5.74, 6) is 1.05. The highest BCUT2D eigenvalue weighted by Gasteiger charge is 2.28. The maximum absolute atomic E-state index is 12.7. The summed E-state index contributed by atoms with van der Waals surface area (Å²) < 4.78 is 0. The quantitative estimate of drug-likeness (QED) is 0.636. The van der Waals surface area contributed by atoms with Crippen molar-refractivity contribution in [3.05, 3.63) is 47.0 Å². The molecule has 1 aromatic heterocycles. The maximum Gasteiger partial charge on any atom is 0.163 e. The highest BCUT2D eigenvalue weighted by Crippen LogP contribution is 2.32. The Balaban J connectivity index is 1.97. The third kappa shape index (κ3) is 4.83. The summed E-state index contributed by atoms with van der Waals surface area (Å²) in [4.78, 5) is 19.9. The molecule has 2 aromatic rings. The summed E-state index contributed by atoms with van der Waals surface area (Å²) in [5.41, 5.74) is 8.33. The van der Waals surface area contributed by atoms with Gasteiger partial charge < -0.3 is 10.2 Å². The molecule has 1 aromatic carbocycles. The number of pyridine rings is 1. The van der Waals surface area contributed by atoms with E-state index in [0.29, 0.717) is 13.0 Å². The summed E-state index contributed by atoms with van der Waals surface area (Å²) in [6.45, 7) is 9.64. The highest BCUT2D eigenvalue weighted by atomic mass is 16.1. The predicted octanol–water partition coefficient (Wildman–Crippen LogP) is 3.23. The van der Waals surface area contributed by atoms with Gasteiger partial charge in [-0.05, 0) is 45.6 Å². The molecule has 29 heavy (non-hydrogen) atoms. The zero-order valence-electron chi connectivity index (χ0n) is 18.2. The molecule has 6 nitrogen and oxygen atoms in total. The van der Waals surface area contributed by atoms with Gasteiger partial charge in [-0.15, -0.1) is 0 Å². The van der Waals surface area contributed by atoms with E-state index in [1.807, 2.05) is 20.0 Å². The number of Topliss-reactive ketones (excluding diaryl/α,β-unsaturated/α-hetero) is 1. The van der Waals surface area contributed by atoms with E-state index in [2.05, 4.69) is 65.8 Å². The lowest BCUT2D eigenvalue weighted by molar-refractivity contribution is 0.0987. The second-order valence-corrected chi connectivity index (χ2v) is 7.97. The van der Waals surface area contributed by atoms with E-state index in [1.54, 1.807) is 0 Å². The Morgan fingerprint density at radius 3 is 2.83 bits per heavy atom. The molecule has 0 saturated heterocycles. The van der Waals surface area contributed by atoms with E-state index in [0.717, 1.165) is 47.8 Å². The Bertz CT molecular complexity index is 864. The first-order valence-corrected chi connectivity index (χ1v) is 10.5. The number of carbonyl (C=O) groups is 1. The third-order valence-corrected chi connectivity index (χ3v) is 5.31. The summed E-state index contributed by atoms with van der Waals surface area (Å²) in [6, 6.07) is 10.7. The Hall–Kier alpha value is -2.28. The van der Waals surface area contributed by atoms with Crippen LogP contribution < -0.4 is 15.8 Å². The molecule has 0 radical (unpaired) electrons. The predicted molar refractivity (Wildman–Crippen MR) is 119 cm³/mol. The van der Waals surface area contributed by atoms with Gasteiger partial charge in [-0.25, -0.2) is 10.4 Å².